The highest BCUT2D eigenvalue weighted by atomic mass is 32.2. The van der Waals surface area contributed by atoms with E-state index in [-0.39, 0.29) is 11.4 Å². The molecular formula is C12H13N3O4S. The molecule has 3 N–H and O–H groups in total. The molecule has 0 radical (unpaired) electrons. The van der Waals surface area contributed by atoms with Gasteiger partial charge in [0.05, 0.1) is 12.5 Å². The van der Waals surface area contributed by atoms with Crippen molar-refractivity contribution in [3.05, 3.63) is 42.4 Å². The number of rotatable bonds is 6. The van der Waals surface area contributed by atoms with Crippen LogP contribution in [0.4, 0.5) is 5.69 Å². The predicted molar refractivity (Wildman–Crippen MR) is 71.8 cm³/mol. The van der Waals surface area contributed by atoms with E-state index in [1.165, 1.54) is 12.5 Å². The van der Waals surface area contributed by atoms with Crippen LogP contribution in [-0.2, 0) is 21.2 Å². The minimum Gasteiger partial charge on any atom is -0.481 e. The van der Waals surface area contributed by atoms with Gasteiger partial charge in [-0.25, -0.2) is 4.98 Å². The van der Waals surface area contributed by atoms with E-state index in [2.05, 4.69) is 14.7 Å². The van der Waals surface area contributed by atoms with E-state index in [4.69, 9.17) is 5.11 Å². The van der Waals surface area contributed by atoms with Gasteiger partial charge >= 0.3 is 5.97 Å². The van der Waals surface area contributed by atoms with E-state index in [0.29, 0.717) is 12.1 Å². The first kappa shape index (κ1) is 14.1. The molecule has 1 aromatic heterocycles. The molecule has 0 aliphatic carbocycles. The number of carboxylic acid groups (broad SMARTS) is 1. The van der Waals surface area contributed by atoms with E-state index >= 15 is 0 Å². The Bertz CT molecular complexity index is 695. The van der Waals surface area contributed by atoms with Gasteiger partial charge in [-0.1, -0.05) is 12.1 Å². The second-order valence-electron chi connectivity index (χ2n) is 4.12. The predicted octanol–water partition coefficient (Wildman–Crippen LogP) is 1.23. The van der Waals surface area contributed by atoms with Crippen molar-refractivity contribution in [2.45, 2.75) is 17.9 Å². The first-order valence-corrected chi connectivity index (χ1v) is 7.27. The third-order valence-corrected chi connectivity index (χ3v) is 3.88. The topological polar surface area (TPSA) is 112 Å². The van der Waals surface area contributed by atoms with E-state index in [1.807, 2.05) is 0 Å². The van der Waals surface area contributed by atoms with Crippen LogP contribution in [0.2, 0.25) is 0 Å². The number of anilines is 1. The van der Waals surface area contributed by atoms with Gasteiger partial charge in [-0.2, -0.15) is 8.42 Å². The minimum absolute atomic E-state index is 0.00322. The number of imidazole rings is 1. The molecule has 0 aliphatic rings. The number of carboxylic acids is 1. The monoisotopic (exact) mass is 295 g/mol. The van der Waals surface area contributed by atoms with Crippen LogP contribution in [0.5, 0.6) is 0 Å². The maximum atomic E-state index is 12.0. The van der Waals surface area contributed by atoms with Crippen LogP contribution in [0, 0.1) is 0 Å². The molecule has 0 bridgehead atoms. The Morgan fingerprint density at radius 2 is 2.20 bits per heavy atom. The number of aromatic nitrogens is 2. The summed E-state index contributed by atoms with van der Waals surface area (Å²) in [4.78, 5) is 16.7. The zero-order chi connectivity index (χ0) is 14.6. The standard InChI is InChI=1S/C12H13N3O4S/c16-12(17)5-4-9-2-1-3-10(6-9)15-20(18,19)11-7-13-8-14-11/h1-3,6-8,15H,4-5H2,(H,13,14)(H,16,17). The van der Waals surface area contributed by atoms with Crippen LogP contribution < -0.4 is 4.72 Å². The maximum Gasteiger partial charge on any atom is 0.303 e. The van der Waals surface area contributed by atoms with Crippen molar-refractivity contribution in [1.29, 1.82) is 0 Å². The molecule has 0 saturated carbocycles. The maximum absolute atomic E-state index is 12.0. The number of hydrogen-bond acceptors (Lipinski definition) is 4. The van der Waals surface area contributed by atoms with Gasteiger partial charge in [-0.15, -0.1) is 0 Å². The van der Waals surface area contributed by atoms with Crippen LogP contribution in [0.25, 0.3) is 0 Å². The van der Waals surface area contributed by atoms with E-state index < -0.39 is 16.0 Å². The second kappa shape index (κ2) is 5.74. The second-order valence-corrected chi connectivity index (χ2v) is 5.77. The number of nitrogens with zero attached hydrogens (tertiary/aromatic N) is 1. The number of aromatic amines is 1. The summed E-state index contributed by atoms with van der Waals surface area (Å²) in [6.45, 7) is 0. The number of aliphatic carboxylic acids is 1. The fourth-order valence-corrected chi connectivity index (χ4v) is 2.60. The highest BCUT2D eigenvalue weighted by Crippen LogP contribution is 2.16. The lowest BCUT2D eigenvalue weighted by Crippen LogP contribution is -2.13. The van der Waals surface area contributed by atoms with E-state index in [0.717, 1.165) is 5.56 Å². The largest absolute Gasteiger partial charge is 0.481 e. The summed E-state index contributed by atoms with van der Waals surface area (Å²) in [7, 11) is -3.70. The van der Waals surface area contributed by atoms with Gasteiger partial charge in [-0.05, 0) is 24.1 Å². The highest BCUT2D eigenvalue weighted by Gasteiger charge is 2.15. The number of sulfonamides is 1. The number of aryl methyl sites for hydroxylation is 1. The lowest BCUT2D eigenvalue weighted by atomic mass is 10.1. The van der Waals surface area contributed by atoms with Crippen molar-refractivity contribution in [2.75, 3.05) is 4.72 Å². The summed E-state index contributed by atoms with van der Waals surface area (Å²) in [6, 6.07) is 6.62. The Kier molecular flexibility index (Phi) is 4.04. The number of nitrogens with one attached hydrogen (secondary N) is 2. The molecule has 0 amide bonds. The molecule has 7 nitrogen and oxygen atoms in total. The number of carbonyl (C=O) groups is 1. The zero-order valence-electron chi connectivity index (χ0n) is 10.4. The van der Waals surface area contributed by atoms with Gasteiger partial charge in [-0.3, -0.25) is 9.52 Å². The van der Waals surface area contributed by atoms with E-state index in [1.54, 1.807) is 24.3 Å². The van der Waals surface area contributed by atoms with Crippen molar-refractivity contribution in [3.8, 4) is 0 Å². The van der Waals surface area contributed by atoms with Crippen molar-refractivity contribution in [2.24, 2.45) is 0 Å². The summed E-state index contributed by atoms with van der Waals surface area (Å²) in [5.74, 6) is -0.895. The Labute approximate surface area is 115 Å². The molecule has 20 heavy (non-hydrogen) atoms. The average molecular weight is 295 g/mol. The van der Waals surface area contributed by atoms with Crippen molar-refractivity contribution in [3.63, 3.8) is 0 Å². The first-order chi connectivity index (χ1) is 9.47. The molecule has 2 aromatic rings. The van der Waals surface area contributed by atoms with Crippen molar-refractivity contribution in [1.82, 2.24) is 9.97 Å². The molecule has 0 fully saturated rings. The third kappa shape index (κ3) is 3.58. The SMILES string of the molecule is O=C(O)CCc1cccc(NS(=O)(=O)c2cnc[nH]2)c1. The normalized spacial score (nSPS) is 11.2. The summed E-state index contributed by atoms with van der Waals surface area (Å²) in [5, 5.41) is 8.60. The Hall–Kier alpha value is -2.35. The molecule has 1 heterocycles. The Morgan fingerprint density at radius 1 is 1.40 bits per heavy atom. The number of H-pyrrole nitrogens is 1. The van der Waals surface area contributed by atoms with Gasteiger partial charge in [0, 0.05) is 12.1 Å². The summed E-state index contributed by atoms with van der Waals surface area (Å²) in [5.41, 5.74) is 1.12. The molecule has 0 atom stereocenters. The third-order valence-electron chi connectivity index (χ3n) is 2.57. The smallest absolute Gasteiger partial charge is 0.303 e. The Morgan fingerprint density at radius 3 is 2.85 bits per heavy atom. The molecule has 2 rings (SSSR count). The van der Waals surface area contributed by atoms with Crippen LogP contribution in [0.15, 0.2) is 41.8 Å². The number of hydrogen-bond donors (Lipinski definition) is 3. The minimum atomic E-state index is -3.70. The van der Waals surface area contributed by atoms with Gasteiger partial charge in [0.15, 0.2) is 5.03 Å². The molecule has 1 aromatic carbocycles. The summed E-state index contributed by atoms with van der Waals surface area (Å²) in [6.07, 6.45) is 2.82. The van der Waals surface area contributed by atoms with Crippen molar-refractivity contribution >= 4 is 21.7 Å². The van der Waals surface area contributed by atoms with Gasteiger partial charge in [0.1, 0.15) is 0 Å². The fourth-order valence-electron chi connectivity index (χ4n) is 1.64. The van der Waals surface area contributed by atoms with Crippen LogP contribution in [0.1, 0.15) is 12.0 Å². The zero-order valence-corrected chi connectivity index (χ0v) is 11.2. The Balaban J connectivity index is 2.14. The lowest BCUT2D eigenvalue weighted by molar-refractivity contribution is -0.136. The summed E-state index contributed by atoms with van der Waals surface area (Å²) < 4.78 is 26.3. The molecular weight excluding hydrogens is 282 g/mol. The fraction of sp³-hybridized carbons (Fsp3) is 0.167. The van der Waals surface area contributed by atoms with Crippen LogP contribution >= 0.6 is 0 Å². The molecule has 0 spiro atoms. The summed E-state index contributed by atoms with van der Waals surface area (Å²) >= 11 is 0. The van der Waals surface area contributed by atoms with Crippen molar-refractivity contribution < 1.29 is 18.3 Å². The quantitative estimate of drug-likeness (QED) is 0.742. The van der Waals surface area contributed by atoms with Gasteiger partial charge < -0.3 is 10.1 Å². The first-order valence-electron chi connectivity index (χ1n) is 5.79. The average Bonchev–Trinajstić information content (AvgIpc) is 2.91. The lowest BCUT2D eigenvalue weighted by Gasteiger charge is -2.07. The van der Waals surface area contributed by atoms with E-state index in [9.17, 15) is 13.2 Å². The molecule has 0 aliphatic heterocycles. The van der Waals surface area contributed by atoms with Crippen LogP contribution in [0.3, 0.4) is 0 Å². The van der Waals surface area contributed by atoms with Gasteiger partial charge in [0.25, 0.3) is 10.0 Å². The van der Waals surface area contributed by atoms with Crippen LogP contribution in [-0.4, -0.2) is 29.5 Å². The van der Waals surface area contributed by atoms with Gasteiger partial charge in [0.2, 0.25) is 0 Å². The molecule has 0 unspecified atom stereocenters. The molecule has 106 valence electrons. The molecule has 0 saturated heterocycles. The molecule has 8 heteroatoms. The number of benzene rings is 1. The highest BCUT2D eigenvalue weighted by molar-refractivity contribution is 7.92.